The minimum Gasteiger partial charge on any atom is -0.314 e. The van der Waals surface area contributed by atoms with E-state index in [0.29, 0.717) is 20.9 Å². The molecule has 0 N–H and O–H groups in total. The monoisotopic (exact) mass is 467 g/mol. The van der Waals surface area contributed by atoms with Gasteiger partial charge in [-0.1, -0.05) is 35.9 Å². The van der Waals surface area contributed by atoms with E-state index in [-0.39, 0.29) is 24.6 Å². The fraction of sp³-hybridized carbons (Fsp3) is 0.208. The Morgan fingerprint density at radius 3 is 2.53 bits per heavy atom. The number of benzene rings is 2. The first-order chi connectivity index (χ1) is 15.3. The standard InChI is InChI=1S/C24H22ClN3O3S/c1-15-7-8-17(11-16(15)2)13-28-23(30)22-20(9-10-32-22)27(24(28)31)14-21(29)26(3)19-6-4-5-18(25)12-19/h4-12H,13-14H2,1-3H3. The number of anilines is 1. The number of rotatable bonds is 5. The maximum atomic E-state index is 13.3. The predicted molar refractivity (Wildman–Crippen MR) is 130 cm³/mol. The molecule has 0 aliphatic rings. The van der Waals surface area contributed by atoms with Gasteiger partial charge in [0.1, 0.15) is 11.2 Å². The summed E-state index contributed by atoms with van der Waals surface area (Å²) in [6, 6.07) is 14.5. The Morgan fingerprint density at radius 1 is 1.03 bits per heavy atom. The van der Waals surface area contributed by atoms with Crippen LogP contribution >= 0.6 is 22.9 Å². The van der Waals surface area contributed by atoms with Crippen LogP contribution in [0.15, 0.2) is 63.5 Å². The Labute approximate surface area is 193 Å². The molecule has 2 aromatic heterocycles. The number of halogens is 1. The van der Waals surface area contributed by atoms with Crippen molar-refractivity contribution >= 4 is 44.7 Å². The number of amides is 1. The minimum absolute atomic E-state index is 0.144. The molecule has 0 fully saturated rings. The lowest BCUT2D eigenvalue weighted by molar-refractivity contribution is -0.118. The SMILES string of the molecule is Cc1ccc(Cn2c(=O)c3sccc3n(CC(=O)N(C)c3cccc(Cl)c3)c2=O)cc1C. The molecule has 0 bridgehead atoms. The van der Waals surface area contributed by atoms with Gasteiger partial charge in [-0.15, -0.1) is 11.3 Å². The molecular formula is C24H22ClN3O3S. The molecule has 1 amide bonds. The Kier molecular flexibility index (Phi) is 6.04. The Bertz CT molecular complexity index is 1450. The van der Waals surface area contributed by atoms with E-state index < -0.39 is 5.69 Å². The van der Waals surface area contributed by atoms with Crippen molar-refractivity contribution < 1.29 is 4.79 Å². The van der Waals surface area contributed by atoms with Crippen molar-refractivity contribution in [1.82, 2.24) is 9.13 Å². The van der Waals surface area contributed by atoms with Crippen LogP contribution in [-0.4, -0.2) is 22.1 Å². The number of fused-ring (bicyclic) bond motifs is 1. The summed E-state index contributed by atoms with van der Waals surface area (Å²) in [4.78, 5) is 40.9. The Balaban J connectivity index is 1.75. The van der Waals surface area contributed by atoms with Crippen molar-refractivity contribution in [2.24, 2.45) is 0 Å². The van der Waals surface area contributed by atoms with Gasteiger partial charge in [0, 0.05) is 17.8 Å². The van der Waals surface area contributed by atoms with Gasteiger partial charge in [0.25, 0.3) is 5.56 Å². The van der Waals surface area contributed by atoms with Crippen LogP contribution in [0, 0.1) is 13.8 Å². The normalized spacial score (nSPS) is 11.1. The molecule has 2 heterocycles. The lowest BCUT2D eigenvalue weighted by atomic mass is 10.1. The van der Waals surface area contributed by atoms with E-state index in [1.54, 1.807) is 42.8 Å². The first-order valence-electron chi connectivity index (χ1n) is 10.1. The lowest BCUT2D eigenvalue weighted by Gasteiger charge is -2.19. The van der Waals surface area contributed by atoms with E-state index in [9.17, 15) is 14.4 Å². The second kappa shape index (κ2) is 8.76. The number of hydrogen-bond donors (Lipinski definition) is 0. The molecule has 0 aliphatic heterocycles. The lowest BCUT2D eigenvalue weighted by Crippen LogP contribution is -2.42. The molecule has 0 atom stereocenters. The number of aromatic nitrogens is 2. The quantitative estimate of drug-likeness (QED) is 0.441. The second-order valence-corrected chi connectivity index (χ2v) is 9.10. The van der Waals surface area contributed by atoms with Crippen molar-refractivity contribution in [3.63, 3.8) is 0 Å². The third kappa shape index (κ3) is 4.13. The number of carbonyl (C=O) groups is 1. The molecule has 4 aromatic rings. The topological polar surface area (TPSA) is 64.3 Å². The molecule has 32 heavy (non-hydrogen) atoms. The zero-order chi connectivity index (χ0) is 23.0. The largest absolute Gasteiger partial charge is 0.332 e. The number of nitrogens with zero attached hydrogens (tertiary/aromatic N) is 3. The highest BCUT2D eigenvalue weighted by atomic mass is 35.5. The van der Waals surface area contributed by atoms with Gasteiger partial charge in [-0.3, -0.25) is 18.7 Å². The highest BCUT2D eigenvalue weighted by molar-refractivity contribution is 7.17. The number of carbonyl (C=O) groups excluding carboxylic acids is 1. The zero-order valence-electron chi connectivity index (χ0n) is 18.0. The van der Waals surface area contributed by atoms with Gasteiger partial charge in [-0.05, 0) is 60.2 Å². The van der Waals surface area contributed by atoms with Crippen LogP contribution in [0.25, 0.3) is 10.2 Å². The van der Waals surface area contributed by atoms with Gasteiger partial charge >= 0.3 is 5.69 Å². The average Bonchev–Trinajstić information content (AvgIpc) is 3.26. The van der Waals surface area contributed by atoms with E-state index in [1.807, 2.05) is 32.0 Å². The Hall–Kier alpha value is -3.16. The highest BCUT2D eigenvalue weighted by Crippen LogP contribution is 2.20. The van der Waals surface area contributed by atoms with Crippen LogP contribution in [0.5, 0.6) is 0 Å². The van der Waals surface area contributed by atoms with Crippen LogP contribution in [0.4, 0.5) is 5.69 Å². The third-order valence-electron chi connectivity index (χ3n) is 5.61. The molecule has 0 aliphatic carbocycles. The molecule has 0 unspecified atom stereocenters. The molecule has 6 nitrogen and oxygen atoms in total. The molecule has 0 spiro atoms. The van der Waals surface area contributed by atoms with Crippen LogP contribution in [0.1, 0.15) is 16.7 Å². The first kappa shape index (κ1) is 22.0. The number of thiophene rings is 1. The van der Waals surface area contributed by atoms with Crippen molar-refractivity contribution in [2.75, 3.05) is 11.9 Å². The van der Waals surface area contributed by atoms with Gasteiger partial charge in [0.05, 0.1) is 12.1 Å². The molecule has 0 saturated heterocycles. The van der Waals surface area contributed by atoms with Gasteiger partial charge < -0.3 is 4.90 Å². The van der Waals surface area contributed by atoms with Gasteiger partial charge in [-0.2, -0.15) is 0 Å². The molecule has 2 aromatic carbocycles. The summed E-state index contributed by atoms with van der Waals surface area (Å²) in [5, 5.41) is 2.27. The molecule has 8 heteroatoms. The van der Waals surface area contributed by atoms with Crippen molar-refractivity contribution in [3.8, 4) is 0 Å². The maximum absolute atomic E-state index is 13.3. The highest BCUT2D eigenvalue weighted by Gasteiger charge is 2.19. The van der Waals surface area contributed by atoms with Gasteiger partial charge in [0.15, 0.2) is 0 Å². The summed E-state index contributed by atoms with van der Waals surface area (Å²) >= 11 is 7.31. The van der Waals surface area contributed by atoms with Crippen LogP contribution in [-0.2, 0) is 17.9 Å². The zero-order valence-corrected chi connectivity index (χ0v) is 19.5. The predicted octanol–water partition coefficient (Wildman–Crippen LogP) is 4.21. The molecule has 4 rings (SSSR count). The Morgan fingerprint density at radius 2 is 1.81 bits per heavy atom. The fourth-order valence-corrected chi connectivity index (χ4v) is 4.61. The summed E-state index contributed by atoms with van der Waals surface area (Å²) in [5.41, 5.74) is 3.33. The fourth-order valence-electron chi connectivity index (χ4n) is 3.58. The molecular weight excluding hydrogens is 446 g/mol. The van der Waals surface area contributed by atoms with E-state index in [4.69, 9.17) is 11.6 Å². The molecule has 0 radical (unpaired) electrons. The summed E-state index contributed by atoms with van der Waals surface area (Å²) in [7, 11) is 1.63. The summed E-state index contributed by atoms with van der Waals surface area (Å²) < 4.78 is 3.03. The maximum Gasteiger partial charge on any atom is 0.332 e. The van der Waals surface area contributed by atoms with E-state index in [2.05, 4.69) is 0 Å². The third-order valence-corrected chi connectivity index (χ3v) is 6.74. The van der Waals surface area contributed by atoms with Crippen molar-refractivity contribution in [2.45, 2.75) is 26.9 Å². The molecule has 0 saturated carbocycles. The second-order valence-electron chi connectivity index (χ2n) is 7.75. The van der Waals surface area contributed by atoms with Gasteiger partial charge in [0.2, 0.25) is 5.91 Å². The van der Waals surface area contributed by atoms with Crippen LogP contribution in [0.3, 0.4) is 0 Å². The average molecular weight is 468 g/mol. The van der Waals surface area contributed by atoms with Crippen LogP contribution in [0.2, 0.25) is 5.02 Å². The van der Waals surface area contributed by atoms with Crippen molar-refractivity contribution in [1.29, 1.82) is 0 Å². The summed E-state index contributed by atoms with van der Waals surface area (Å²) in [5.74, 6) is -0.293. The van der Waals surface area contributed by atoms with Gasteiger partial charge in [-0.25, -0.2) is 4.79 Å². The number of hydrogen-bond acceptors (Lipinski definition) is 4. The van der Waals surface area contributed by atoms with E-state index >= 15 is 0 Å². The van der Waals surface area contributed by atoms with Crippen molar-refractivity contribution in [3.05, 3.63) is 96.5 Å². The van der Waals surface area contributed by atoms with E-state index in [0.717, 1.165) is 16.7 Å². The smallest absolute Gasteiger partial charge is 0.314 e. The summed E-state index contributed by atoms with van der Waals surface area (Å²) in [6.07, 6.45) is 0. The summed E-state index contributed by atoms with van der Waals surface area (Å²) in [6.45, 7) is 3.96. The number of likely N-dealkylation sites (N-methyl/N-ethyl adjacent to an activating group) is 1. The van der Waals surface area contributed by atoms with E-state index in [1.165, 1.54) is 25.4 Å². The van der Waals surface area contributed by atoms with Crippen LogP contribution < -0.4 is 16.1 Å². The molecule has 164 valence electrons. The minimum atomic E-state index is -0.507. The number of aryl methyl sites for hydroxylation is 2. The first-order valence-corrected chi connectivity index (χ1v) is 11.3.